The van der Waals surface area contributed by atoms with E-state index in [-0.39, 0.29) is 43.1 Å². The number of ether oxygens (including phenoxy) is 1. The van der Waals surface area contributed by atoms with E-state index < -0.39 is 7.22 Å². The van der Waals surface area contributed by atoms with Crippen LogP contribution in [-0.4, -0.2) is 58.2 Å². The third-order valence-electron chi connectivity index (χ3n) is 3.24. The summed E-state index contributed by atoms with van der Waals surface area (Å²) in [5.41, 5.74) is 5.12. The molecule has 0 aliphatic carbocycles. The van der Waals surface area contributed by atoms with Gasteiger partial charge in [0, 0.05) is 56.7 Å². The second-order valence-corrected chi connectivity index (χ2v) is 7.20. The van der Waals surface area contributed by atoms with Crippen LogP contribution in [0.5, 0.6) is 0 Å². The predicted molar refractivity (Wildman–Crippen MR) is 90.9 cm³/mol. The van der Waals surface area contributed by atoms with Gasteiger partial charge in [0.15, 0.2) is 0 Å². The molecule has 5 N–H and O–H groups in total. The topological polar surface area (TPSA) is 91.9 Å². The van der Waals surface area contributed by atoms with Crippen LogP contribution in [0.1, 0.15) is 26.2 Å². The number of nitrogens with two attached hydrogens (primary N) is 1. The van der Waals surface area contributed by atoms with Crippen LogP contribution in [0, 0.1) is 36.5 Å². The quantitative estimate of drug-likeness (QED) is 0.186. The largest absolute Gasteiger partial charge is 0.413 e. The summed E-state index contributed by atoms with van der Waals surface area (Å²) in [6, 6.07) is 0. The van der Waals surface area contributed by atoms with Crippen molar-refractivity contribution in [2.75, 3.05) is 53.0 Å². The van der Waals surface area contributed by atoms with Crippen LogP contribution < -0.4 is 16.1 Å². The monoisotopic (exact) mass is 579 g/mol. The van der Waals surface area contributed by atoms with Gasteiger partial charge in [-0.2, -0.15) is 0 Å². The van der Waals surface area contributed by atoms with Crippen LogP contribution in [-0.2, 0) is 4.74 Å². The summed E-state index contributed by atoms with van der Waals surface area (Å²) >= 11 is 5.61. The van der Waals surface area contributed by atoms with E-state index in [1.165, 1.54) is 0 Å². The molecule has 130 valence electrons. The number of rotatable bonds is 14. The zero-order valence-electron chi connectivity index (χ0n) is 13.8. The molecule has 0 amide bonds. The molecular weight excluding hydrogens is 549 g/mol. The van der Waals surface area contributed by atoms with Gasteiger partial charge in [0.2, 0.25) is 11.2 Å². The Kier molecular flexibility index (Phi) is 19.8. The maximum absolute atomic E-state index is 9.73. The standard InChI is InChI=1S/C13H31ClN4O2P.U/c1-3-4-6-16-9-13(11-19,12-20-2)10-17-7-5-8-18-21(14)15;/h16-17,19H,3-12H2,1-2H3,(H2,15,18);/q+1;. The zero-order valence-corrected chi connectivity index (χ0v) is 19.6. The van der Waals surface area contributed by atoms with Gasteiger partial charge < -0.3 is 20.5 Å². The molecular formula is C13H31ClN4O2PU+. The maximum atomic E-state index is 9.73. The number of nitrogens with zero attached hydrogens (tertiary/aromatic N) is 1. The number of unbranched alkanes of at least 4 members (excludes halogenated alkanes) is 1. The van der Waals surface area contributed by atoms with E-state index in [9.17, 15) is 5.11 Å². The molecule has 0 spiro atoms. The van der Waals surface area contributed by atoms with Gasteiger partial charge in [-0.15, -0.1) is 5.50 Å². The predicted octanol–water partition coefficient (Wildman–Crippen LogP) is 1.67. The molecule has 22 heavy (non-hydrogen) atoms. The molecule has 0 aliphatic rings. The van der Waals surface area contributed by atoms with E-state index in [1.807, 2.05) is 0 Å². The Bertz CT molecular complexity index is 287. The van der Waals surface area contributed by atoms with Gasteiger partial charge in [-0.3, -0.25) is 0 Å². The van der Waals surface area contributed by atoms with Gasteiger partial charge in [-0.1, -0.05) is 18.1 Å². The molecule has 0 aromatic rings. The Morgan fingerprint density at radius 1 is 1.27 bits per heavy atom. The van der Waals surface area contributed by atoms with E-state index in [1.54, 1.807) is 7.11 Å². The molecule has 2 unspecified atom stereocenters. The van der Waals surface area contributed by atoms with E-state index in [0.717, 1.165) is 38.9 Å². The molecule has 0 heterocycles. The van der Waals surface area contributed by atoms with Gasteiger partial charge in [-0.05, 0) is 25.9 Å². The summed E-state index contributed by atoms with van der Waals surface area (Å²) in [6.07, 6.45) is 3.19. The minimum absolute atomic E-state index is 0. The van der Waals surface area contributed by atoms with Crippen LogP contribution in [0.4, 0.5) is 0 Å². The van der Waals surface area contributed by atoms with Gasteiger partial charge in [-0.25, -0.2) is 0 Å². The summed E-state index contributed by atoms with van der Waals surface area (Å²) in [6.45, 7) is 6.68. The van der Waals surface area contributed by atoms with Crippen molar-refractivity contribution in [1.82, 2.24) is 10.6 Å². The minimum Gasteiger partial charge on any atom is -0.396 e. The van der Waals surface area contributed by atoms with Crippen molar-refractivity contribution in [1.29, 1.82) is 0 Å². The molecule has 0 aromatic heterocycles. The number of hydrogen-bond donors (Lipinski definition) is 4. The normalized spacial score (nSPS) is 14.5. The smallest absolute Gasteiger partial charge is 0.396 e. The molecule has 0 saturated heterocycles. The van der Waals surface area contributed by atoms with Crippen molar-refractivity contribution >= 4 is 18.5 Å². The summed E-state index contributed by atoms with van der Waals surface area (Å²) in [5, 5.41) is 16.5. The molecule has 0 rings (SSSR count). The van der Waals surface area contributed by atoms with Crippen molar-refractivity contribution in [2.45, 2.75) is 26.2 Å². The van der Waals surface area contributed by atoms with Gasteiger partial charge >= 0.3 is 7.22 Å². The van der Waals surface area contributed by atoms with Crippen LogP contribution in [0.25, 0.3) is 0 Å². The Morgan fingerprint density at radius 2 is 1.86 bits per heavy atom. The number of aliphatic hydroxyl groups is 1. The first-order valence-corrected chi connectivity index (χ1v) is 9.76. The molecule has 2 atom stereocenters. The molecule has 0 radical (unpaired) electrons. The Hall–Kier alpha value is 1.24. The van der Waals surface area contributed by atoms with Crippen molar-refractivity contribution in [3.05, 3.63) is 0 Å². The number of halogens is 1. The van der Waals surface area contributed by atoms with Crippen molar-refractivity contribution in [2.24, 2.45) is 15.7 Å². The number of methoxy groups -OCH3 is 1. The Morgan fingerprint density at radius 3 is 2.32 bits per heavy atom. The van der Waals surface area contributed by atoms with Gasteiger partial charge in [0.1, 0.15) is 0 Å². The average Bonchev–Trinajstić information content (AvgIpc) is 2.46. The third-order valence-corrected chi connectivity index (χ3v) is 4.03. The second kappa shape index (κ2) is 17.1. The van der Waals surface area contributed by atoms with E-state index in [0.29, 0.717) is 19.7 Å². The van der Waals surface area contributed by atoms with E-state index >= 15 is 0 Å². The number of nitrogens with one attached hydrogen (secondary N) is 2. The fourth-order valence-corrected chi connectivity index (χ4v) is 2.57. The first-order valence-electron chi connectivity index (χ1n) is 7.49. The van der Waals surface area contributed by atoms with Crippen LogP contribution in [0.3, 0.4) is 0 Å². The summed E-state index contributed by atoms with van der Waals surface area (Å²) in [5.74, 6) is 0. The molecule has 9 heteroatoms. The van der Waals surface area contributed by atoms with Crippen LogP contribution in [0.15, 0.2) is 4.74 Å². The molecule has 0 fully saturated rings. The van der Waals surface area contributed by atoms with E-state index in [2.05, 4.69) is 22.3 Å². The van der Waals surface area contributed by atoms with Gasteiger partial charge in [0.25, 0.3) is 0 Å². The van der Waals surface area contributed by atoms with Crippen LogP contribution >= 0.6 is 18.5 Å². The molecule has 6 nitrogen and oxygen atoms in total. The molecule has 0 saturated carbocycles. The fourth-order valence-electron chi connectivity index (χ4n) is 2.01. The van der Waals surface area contributed by atoms with Crippen molar-refractivity contribution in [3.63, 3.8) is 0 Å². The van der Waals surface area contributed by atoms with Crippen LogP contribution in [0.2, 0.25) is 0 Å². The average molecular weight is 580 g/mol. The Balaban J connectivity index is 0. The minimum atomic E-state index is -1.17. The van der Waals surface area contributed by atoms with Gasteiger partial charge in [0.05, 0.1) is 19.8 Å². The van der Waals surface area contributed by atoms with E-state index in [4.69, 9.17) is 21.5 Å². The SMILES string of the molecule is CCCCNCC(CO)(CNCCCN=[P+](N)Cl)COC.[U]. The zero-order chi connectivity index (χ0) is 16.0. The second-order valence-electron chi connectivity index (χ2n) is 5.31. The number of hydrogen-bond acceptors (Lipinski definition) is 5. The summed E-state index contributed by atoms with van der Waals surface area (Å²) in [4.78, 5) is 0. The number of aliphatic hydroxyl groups excluding tert-OH is 1. The fraction of sp³-hybridized carbons (Fsp3) is 1.00. The van der Waals surface area contributed by atoms with Crippen molar-refractivity contribution in [3.8, 4) is 0 Å². The summed E-state index contributed by atoms with van der Waals surface area (Å²) < 4.78 is 9.34. The molecule has 0 bridgehead atoms. The third kappa shape index (κ3) is 13.7. The maximum Gasteiger partial charge on any atom is 0.413 e. The summed E-state index contributed by atoms with van der Waals surface area (Å²) in [7, 11) is 0.501. The molecule has 0 aromatic carbocycles. The molecule has 0 aliphatic heterocycles. The Labute approximate surface area is 164 Å². The first-order chi connectivity index (χ1) is 10.1. The van der Waals surface area contributed by atoms with Crippen molar-refractivity contribution < 1.29 is 41.0 Å². The first kappa shape index (κ1) is 25.5.